The molecule has 0 amide bonds. The Labute approximate surface area is 101 Å². The third-order valence-electron chi connectivity index (χ3n) is 2.16. The molecule has 0 aliphatic carbocycles. The molecule has 0 aliphatic rings. The predicted octanol–water partition coefficient (Wildman–Crippen LogP) is 1.39. The molecule has 0 aromatic carbocycles. The lowest BCUT2D eigenvalue weighted by Crippen LogP contribution is -2.29. The van der Waals surface area contributed by atoms with Crippen molar-refractivity contribution < 1.29 is 8.42 Å². The number of hydrogen-bond donors (Lipinski definition) is 2. The summed E-state index contributed by atoms with van der Waals surface area (Å²) in [6, 6.07) is 3.78. The van der Waals surface area contributed by atoms with Crippen molar-refractivity contribution in [2.24, 2.45) is 5.73 Å². The SMILES string of the molecule is Cc1ccc(C(C)NS(=O)(=O)CCCN)s1. The monoisotopic (exact) mass is 262 g/mol. The Bertz CT molecular complexity index is 426. The third kappa shape index (κ3) is 4.21. The van der Waals surface area contributed by atoms with Gasteiger partial charge in [0.05, 0.1) is 11.8 Å². The van der Waals surface area contributed by atoms with Crippen LogP contribution in [-0.4, -0.2) is 20.7 Å². The molecule has 3 N–H and O–H groups in total. The molecular formula is C10H18N2O2S2. The van der Waals surface area contributed by atoms with E-state index in [2.05, 4.69) is 4.72 Å². The van der Waals surface area contributed by atoms with E-state index < -0.39 is 10.0 Å². The second kappa shape index (κ2) is 5.77. The minimum atomic E-state index is -3.21. The van der Waals surface area contributed by atoms with Gasteiger partial charge in [-0.25, -0.2) is 13.1 Å². The van der Waals surface area contributed by atoms with Crippen molar-refractivity contribution in [3.05, 3.63) is 21.9 Å². The second-order valence-corrected chi connectivity index (χ2v) is 6.94. The van der Waals surface area contributed by atoms with Crippen LogP contribution in [0.3, 0.4) is 0 Å². The van der Waals surface area contributed by atoms with Gasteiger partial charge in [0.2, 0.25) is 10.0 Å². The summed E-state index contributed by atoms with van der Waals surface area (Å²) in [6.07, 6.45) is 0.492. The summed E-state index contributed by atoms with van der Waals surface area (Å²) < 4.78 is 25.9. The lowest BCUT2D eigenvalue weighted by atomic mass is 10.3. The van der Waals surface area contributed by atoms with Crippen LogP contribution in [0.2, 0.25) is 0 Å². The molecule has 1 unspecified atom stereocenters. The molecule has 4 nitrogen and oxygen atoms in total. The van der Waals surface area contributed by atoms with Gasteiger partial charge in [0.25, 0.3) is 0 Å². The molecule has 1 aromatic heterocycles. The van der Waals surface area contributed by atoms with Gasteiger partial charge in [0.1, 0.15) is 0 Å². The molecule has 1 aromatic rings. The van der Waals surface area contributed by atoms with Crippen LogP contribution in [0, 0.1) is 6.92 Å². The Morgan fingerprint density at radius 3 is 2.69 bits per heavy atom. The first kappa shape index (κ1) is 13.6. The van der Waals surface area contributed by atoms with Gasteiger partial charge in [0, 0.05) is 9.75 Å². The molecule has 0 spiro atoms. The van der Waals surface area contributed by atoms with E-state index in [9.17, 15) is 8.42 Å². The van der Waals surface area contributed by atoms with Gasteiger partial charge in [0.15, 0.2) is 0 Å². The molecule has 0 saturated carbocycles. The van der Waals surface area contributed by atoms with E-state index in [1.165, 1.54) is 4.88 Å². The standard InChI is InChI=1S/C10H18N2O2S2/c1-8-4-5-10(15-8)9(2)12-16(13,14)7-3-6-11/h4-5,9,12H,3,6-7,11H2,1-2H3. The molecule has 0 saturated heterocycles. The van der Waals surface area contributed by atoms with Gasteiger partial charge >= 0.3 is 0 Å². The van der Waals surface area contributed by atoms with Crippen LogP contribution in [0.25, 0.3) is 0 Å². The zero-order chi connectivity index (χ0) is 12.2. The third-order valence-corrected chi connectivity index (χ3v) is 4.88. The zero-order valence-corrected chi connectivity index (χ0v) is 11.2. The number of thiophene rings is 1. The van der Waals surface area contributed by atoms with Crippen molar-refractivity contribution in [2.75, 3.05) is 12.3 Å². The smallest absolute Gasteiger partial charge is 0.212 e. The van der Waals surface area contributed by atoms with Crippen molar-refractivity contribution in [3.63, 3.8) is 0 Å². The Morgan fingerprint density at radius 1 is 1.50 bits per heavy atom. The lowest BCUT2D eigenvalue weighted by Gasteiger charge is -2.12. The summed E-state index contributed by atoms with van der Waals surface area (Å²) >= 11 is 1.61. The van der Waals surface area contributed by atoms with Gasteiger partial charge in [-0.15, -0.1) is 11.3 Å². The van der Waals surface area contributed by atoms with Crippen molar-refractivity contribution in [2.45, 2.75) is 26.3 Å². The van der Waals surface area contributed by atoms with Crippen LogP contribution in [0.5, 0.6) is 0 Å². The first-order chi connectivity index (χ1) is 7.44. The first-order valence-corrected chi connectivity index (χ1v) is 7.68. The van der Waals surface area contributed by atoms with E-state index in [1.807, 2.05) is 26.0 Å². The molecule has 0 radical (unpaired) electrons. The number of aryl methyl sites for hydroxylation is 1. The van der Waals surface area contributed by atoms with Crippen molar-refractivity contribution in [1.82, 2.24) is 4.72 Å². The topological polar surface area (TPSA) is 72.2 Å². The van der Waals surface area contributed by atoms with E-state index in [-0.39, 0.29) is 11.8 Å². The molecule has 16 heavy (non-hydrogen) atoms. The average molecular weight is 262 g/mol. The molecule has 0 aliphatic heterocycles. The molecule has 1 atom stereocenters. The van der Waals surface area contributed by atoms with Gasteiger partial charge < -0.3 is 5.73 Å². The Kier molecular flexibility index (Phi) is 4.91. The van der Waals surface area contributed by atoms with Crippen molar-refractivity contribution >= 4 is 21.4 Å². The first-order valence-electron chi connectivity index (χ1n) is 5.21. The van der Waals surface area contributed by atoms with Gasteiger partial charge in [-0.2, -0.15) is 0 Å². The highest BCUT2D eigenvalue weighted by Gasteiger charge is 2.16. The number of sulfonamides is 1. The fourth-order valence-corrected chi connectivity index (χ4v) is 3.63. The largest absolute Gasteiger partial charge is 0.330 e. The van der Waals surface area contributed by atoms with E-state index >= 15 is 0 Å². The van der Waals surface area contributed by atoms with Crippen LogP contribution in [-0.2, 0) is 10.0 Å². The molecule has 1 heterocycles. The van der Waals surface area contributed by atoms with E-state index in [0.29, 0.717) is 13.0 Å². The zero-order valence-electron chi connectivity index (χ0n) is 9.56. The highest BCUT2D eigenvalue weighted by atomic mass is 32.2. The van der Waals surface area contributed by atoms with Gasteiger partial charge in [-0.1, -0.05) is 0 Å². The minimum Gasteiger partial charge on any atom is -0.330 e. The molecule has 1 rings (SSSR count). The summed E-state index contributed by atoms with van der Waals surface area (Å²) in [5.41, 5.74) is 5.29. The lowest BCUT2D eigenvalue weighted by molar-refractivity contribution is 0.566. The maximum absolute atomic E-state index is 11.6. The highest BCUT2D eigenvalue weighted by molar-refractivity contribution is 7.89. The summed E-state index contributed by atoms with van der Waals surface area (Å²) in [7, 11) is -3.21. The summed E-state index contributed by atoms with van der Waals surface area (Å²) in [6.45, 7) is 4.25. The van der Waals surface area contributed by atoms with Crippen LogP contribution >= 0.6 is 11.3 Å². The molecule has 6 heteroatoms. The fraction of sp³-hybridized carbons (Fsp3) is 0.600. The molecule has 92 valence electrons. The Hall–Kier alpha value is -0.430. The number of nitrogens with one attached hydrogen (secondary N) is 1. The number of nitrogens with two attached hydrogens (primary N) is 1. The molecular weight excluding hydrogens is 244 g/mol. The molecule has 0 bridgehead atoms. The fourth-order valence-electron chi connectivity index (χ4n) is 1.35. The average Bonchev–Trinajstić information content (AvgIpc) is 2.61. The summed E-state index contributed by atoms with van der Waals surface area (Å²) in [5, 5.41) is 0. The normalized spacial score (nSPS) is 13.9. The van der Waals surface area contributed by atoms with Crippen LogP contribution in [0.15, 0.2) is 12.1 Å². The van der Waals surface area contributed by atoms with Gasteiger partial charge in [-0.3, -0.25) is 0 Å². The maximum atomic E-state index is 11.6. The van der Waals surface area contributed by atoms with Crippen molar-refractivity contribution in [1.29, 1.82) is 0 Å². The maximum Gasteiger partial charge on any atom is 0.212 e. The van der Waals surface area contributed by atoms with Gasteiger partial charge in [-0.05, 0) is 38.9 Å². The van der Waals surface area contributed by atoms with Crippen LogP contribution < -0.4 is 10.5 Å². The van der Waals surface area contributed by atoms with Crippen molar-refractivity contribution in [3.8, 4) is 0 Å². The second-order valence-electron chi connectivity index (χ2n) is 3.75. The summed E-state index contributed by atoms with van der Waals surface area (Å²) in [5.74, 6) is 0.0954. The van der Waals surface area contributed by atoms with E-state index in [0.717, 1.165) is 4.88 Å². The minimum absolute atomic E-state index is 0.0954. The molecule has 0 fully saturated rings. The number of rotatable bonds is 6. The Morgan fingerprint density at radius 2 is 2.19 bits per heavy atom. The van der Waals surface area contributed by atoms with E-state index in [4.69, 9.17) is 5.73 Å². The number of hydrogen-bond acceptors (Lipinski definition) is 4. The quantitative estimate of drug-likeness (QED) is 0.813. The summed E-state index contributed by atoms with van der Waals surface area (Å²) in [4.78, 5) is 2.22. The predicted molar refractivity (Wildman–Crippen MR) is 68.1 cm³/mol. The van der Waals surface area contributed by atoms with Crippen LogP contribution in [0.1, 0.15) is 29.1 Å². The highest BCUT2D eigenvalue weighted by Crippen LogP contribution is 2.22. The Balaban J connectivity index is 2.60. The van der Waals surface area contributed by atoms with Crippen LogP contribution in [0.4, 0.5) is 0 Å². The van der Waals surface area contributed by atoms with E-state index in [1.54, 1.807) is 11.3 Å².